The minimum atomic E-state index is 0.143. The van der Waals surface area contributed by atoms with Crippen LogP contribution in [0.2, 0.25) is 0 Å². The number of methoxy groups -OCH3 is 1. The van der Waals surface area contributed by atoms with Gasteiger partial charge in [-0.25, -0.2) is 0 Å². The standard InChI is InChI=1S/C14H21NO2/c1-16-14-9-12(7-8-13(14)15)17-10-11-5-3-2-4-6-11/h2-6,12-14H,7-10,15H2,1H3. The van der Waals surface area contributed by atoms with Gasteiger partial charge in [0.05, 0.1) is 18.8 Å². The highest BCUT2D eigenvalue weighted by atomic mass is 16.5. The molecule has 2 N–H and O–H groups in total. The predicted octanol–water partition coefficient (Wildman–Crippen LogP) is 2.10. The van der Waals surface area contributed by atoms with Crippen LogP contribution in [0.1, 0.15) is 24.8 Å². The fourth-order valence-electron chi connectivity index (χ4n) is 2.33. The van der Waals surface area contributed by atoms with Gasteiger partial charge in [0, 0.05) is 19.6 Å². The van der Waals surface area contributed by atoms with Crippen LogP contribution < -0.4 is 5.73 Å². The van der Waals surface area contributed by atoms with E-state index in [9.17, 15) is 0 Å². The molecule has 0 aromatic heterocycles. The maximum Gasteiger partial charge on any atom is 0.0746 e. The molecule has 0 bridgehead atoms. The molecule has 3 heteroatoms. The average molecular weight is 235 g/mol. The van der Waals surface area contributed by atoms with Crippen molar-refractivity contribution in [3.05, 3.63) is 35.9 Å². The van der Waals surface area contributed by atoms with E-state index in [1.54, 1.807) is 7.11 Å². The molecule has 94 valence electrons. The predicted molar refractivity (Wildman–Crippen MR) is 67.6 cm³/mol. The van der Waals surface area contributed by atoms with E-state index in [1.165, 1.54) is 5.56 Å². The second-order valence-electron chi connectivity index (χ2n) is 4.67. The number of benzene rings is 1. The summed E-state index contributed by atoms with van der Waals surface area (Å²) in [5.74, 6) is 0. The van der Waals surface area contributed by atoms with Crippen molar-refractivity contribution >= 4 is 0 Å². The lowest BCUT2D eigenvalue weighted by Gasteiger charge is -2.33. The Balaban J connectivity index is 1.80. The summed E-state index contributed by atoms with van der Waals surface area (Å²) in [6.07, 6.45) is 3.35. The first-order valence-corrected chi connectivity index (χ1v) is 6.23. The molecule has 1 aliphatic rings. The van der Waals surface area contributed by atoms with Gasteiger partial charge >= 0.3 is 0 Å². The highest BCUT2D eigenvalue weighted by Gasteiger charge is 2.28. The first-order chi connectivity index (χ1) is 8.29. The summed E-state index contributed by atoms with van der Waals surface area (Å²) >= 11 is 0. The van der Waals surface area contributed by atoms with Crippen molar-refractivity contribution in [3.8, 4) is 0 Å². The van der Waals surface area contributed by atoms with Crippen LogP contribution in [0, 0.1) is 0 Å². The Hall–Kier alpha value is -0.900. The Morgan fingerprint density at radius 2 is 2.00 bits per heavy atom. The third kappa shape index (κ3) is 3.53. The molecule has 17 heavy (non-hydrogen) atoms. The van der Waals surface area contributed by atoms with E-state index in [-0.39, 0.29) is 18.2 Å². The lowest BCUT2D eigenvalue weighted by atomic mass is 9.91. The summed E-state index contributed by atoms with van der Waals surface area (Å²) in [5.41, 5.74) is 7.20. The van der Waals surface area contributed by atoms with Gasteiger partial charge in [0.25, 0.3) is 0 Å². The lowest BCUT2D eigenvalue weighted by Crippen LogP contribution is -2.43. The van der Waals surface area contributed by atoms with Gasteiger partial charge in [0.2, 0.25) is 0 Å². The van der Waals surface area contributed by atoms with Gasteiger partial charge in [-0.3, -0.25) is 0 Å². The van der Waals surface area contributed by atoms with Crippen LogP contribution in [-0.4, -0.2) is 25.4 Å². The molecule has 0 spiro atoms. The Labute approximate surface area is 103 Å². The number of rotatable bonds is 4. The SMILES string of the molecule is COC1CC(OCc2ccccc2)CCC1N. The topological polar surface area (TPSA) is 44.5 Å². The van der Waals surface area contributed by atoms with Crippen molar-refractivity contribution in [2.24, 2.45) is 5.73 Å². The zero-order valence-electron chi connectivity index (χ0n) is 10.3. The fraction of sp³-hybridized carbons (Fsp3) is 0.571. The molecule has 0 radical (unpaired) electrons. The molecule has 0 saturated heterocycles. The van der Waals surface area contributed by atoms with E-state index in [1.807, 2.05) is 18.2 Å². The maximum atomic E-state index is 5.98. The number of hydrogen-bond donors (Lipinski definition) is 1. The summed E-state index contributed by atoms with van der Waals surface area (Å²) in [4.78, 5) is 0. The van der Waals surface area contributed by atoms with Crippen molar-refractivity contribution in [1.29, 1.82) is 0 Å². The molecule has 1 aliphatic carbocycles. The molecular weight excluding hydrogens is 214 g/mol. The molecule has 3 atom stereocenters. The zero-order valence-corrected chi connectivity index (χ0v) is 10.3. The molecular formula is C14H21NO2. The summed E-state index contributed by atoms with van der Waals surface area (Å²) in [5, 5.41) is 0. The Morgan fingerprint density at radius 1 is 1.24 bits per heavy atom. The maximum absolute atomic E-state index is 5.98. The summed E-state index contributed by atoms with van der Waals surface area (Å²) in [7, 11) is 1.73. The van der Waals surface area contributed by atoms with Crippen LogP contribution in [0.3, 0.4) is 0 Å². The van der Waals surface area contributed by atoms with Crippen molar-refractivity contribution in [2.45, 2.75) is 44.1 Å². The molecule has 2 rings (SSSR count). The van der Waals surface area contributed by atoms with Gasteiger partial charge in [0.1, 0.15) is 0 Å². The first kappa shape index (κ1) is 12.6. The average Bonchev–Trinajstić information content (AvgIpc) is 2.39. The van der Waals surface area contributed by atoms with Crippen molar-refractivity contribution < 1.29 is 9.47 Å². The van der Waals surface area contributed by atoms with Gasteiger partial charge < -0.3 is 15.2 Å². The van der Waals surface area contributed by atoms with E-state index < -0.39 is 0 Å². The normalized spacial score (nSPS) is 29.2. The highest BCUT2D eigenvalue weighted by Crippen LogP contribution is 2.23. The number of ether oxygens (including phenoxy) is 2. The van der Waals surface area contributed by atoms with E-state index in [2.05, 4.69) is 12.1 Å². The van der Waals surface area contributed by atoms with Crippen molar-refractivity contribution in [1.82, 2.24) is 0 Å². The van der Waals surface area contributed by atoms with Crippen LogP contribution in [-0.2, 0) is 16.1 Å². The van der Waals surface area contributed by atoms with Gasteiger partial charge in [-0.15, -0.1) is 0 Å². The first-order valence-electron chi connectivity index (χ1n) is 6.23. The van der Waals surface area contributed by atoms with Crippen LogP contribution in [0.25, 0.3) is 0 Å². The molecule has 0 heterocycles. The van der Waals surface area contributed by atoms with Gasteiger partial charge in [-0.2, -0.15) is 0 Å². The Morgan fingerprint density at radius 3 is 2.71 bits per heavy atom. The molecule has 1 saturated carbocycles. The van der Waals surface area contributed by atoms with E-state index in [4.69, 9.17) is 15.2 Å². The second-order valence-corrected chi connectivity index (χ2v) is 4.67. The molecule has 1 aromatic carbocycles. The molecule has 0 aliphatic heterocycles. The van der Waals surface area contributed by atoms with Crippen LogP contribution >= 0.6 is 0 Å². The number of hydrogen-bond acceptors (Lipinski definition) is 3. The van der Waals surface area contributed by atoms with Gasteiger partial charge in [-0.05, 0) is 18.4 Å². The largest absolute Gasteiger partial charge is 0.380 e. The Bertz CT molecular complexity index is 328. The zero-order chi connectivity index (χ0) is 12.1. The molecule has 1 aromatic rings. The monoisotopic (exact) mass is 235 g/mol. The summed E-state index contributed by atoms with van der Waals surface area (Å²) < 4.78 is 11.3. The second kappa shape index (κ2) is 6.15. The van der Waals surface area contributed by atoms with E-state index >= 15 is 0 Å². The molecule has 3 unspecified atom stereocenters. The third-order valence-corrected chi connectivity index (χ3v) is 3.43. The van der Waals surface area contributed by atoms with Crippen molar-refractivity contribution in [3.63, 3.8) is 0 Å². The summed E-state index contributed by atoms with van der Waals surface area (Å²) in [6.45, 7) is 0.678. The minimum absolute atomic E-state index is 0.143. The third-order valence-electron chi connectivity index (χ3n) is 3.43. The number of nitrogens with two attached hydrogens (primary N) is 1. The molecule has 1 fully saturated rings. The smallest absolute Gasteiger partial charge is 0.0746 e. The summed E-state index contributed by atoms with van der Waals surface area (Å²) in [6, 6.07) is 10.4. The minimum Gasteiger partial charge on any atom is -0.380 e. The van der Waals surface area contributed by atoms with Crippen LogP contribution in [0.15, 0.2) is 30.3 Å². The van der Waals surface area contributed by atoms with Crippen molar-refractivity contribution in [2.75, 3.05) is 7.11 Å². The quantitative estimate of drug-likeness (QED) is 0.869. The highest BCUT2D eigenvalue weighted by molar-refractivity contribution is 5.13. The Kier molecular flexibility index (Phi) is 4.54. The van der Waals surface area contributed by atoms with Gasteiger partial charge in [0.15, 0.2) is 0 Å². The van der Waals surface area contributed by atoms with Crippen LogP contribution in [0.5, 0.6) is 0 Å². The van der Waals surface area contributed by atoms with E-state index in [0.717, 1.165) is 19.3 Å². The molecule has 0 amide bonds. The lowest BCUT2D eigenvalue weighted by molar-refractivity contribution is -0.0442. The van der Waals surface area contributed by atoms with Gasteiger partial charge in [-0.1, -0.05) is 30.3 Å². The fourth-order valence-corrected chi connectivity index (χ4v) is 2.33. The van der Waals surface area contributed by atoms with E-state index in [0.29, 0.717) is 6.61 Å². The van der Waals surface area contributed by atoms with Crippen LogP contribution in [0.4, 0.5) is 0 Å². The molecule has 3 nitrogen and oxygen atoms in total.